The number of rotatable bonds is 3. The van der Waals surface area contributed by atoms with Gasteiger partial charge in [-0.25, -0.2) is 13.6 Å². The molecule has 1 N–H and O–H groups in total. The second kappa shape index (κ2) is 5.64. The van der Waals surface area contributed by atoms with Gasteiger partial charge in [-0.15, -0.1) is 0 Å². The molecule has 118 valence electrons. The predicted octanol–water partition coefficient (Wildman–Crippen LogP) is 1.38. The molecule has 1 amide bonds. The molecule has 0 unspecified atom stereocenters. The van der Waals surface area contributed by atoms with Crippen LogP contribution in [0.4, 0.5) is 8.78 Å². The molecule has 22 heavy (non-hydrogen) atoms. The summed E-state index contributed by atoms with van der Waals surface area (Å²) in [6.45, 7) is 0.464. The van der Waals surface area contributed by atoms with Gasteiger partial charge < -0.3 is 14.7 Å². The molecule has 0 bridgehead atoms. The molecule has 3 rings (SSSR count). The van der Waals surface area contributed by atoms with Crippen molar-refractivity contribution in [3.63, 3.8) is 0 Å². The van der Waals surface area contributed by atoms with E-state index in [9.17, 15) is 18.4 Å². The summed E-state index contributed by atoms with van der Waals surface area (Å²) in [6, 6.07) is 2.30. The summed E-state index contributed by atoms with van der Waals surface area (Å²) in [5, 5.41) is 9.14. The summed E-state index contributed by atoms with van der Waals surface area (Å²) in [5.41, 5.74) is 0.305. The molecule has 1 saturated carbocycles. The van der Waals surface area contributed by atoms with E-state index in [-0.39, 0.29) is 31.6 Å². The molecule has 1 aromatic rings. The largest absolute Gasteiger partial charge is 0.480 e. The number of ether oxygens (including phenoxy) is 1. The van der Waals surface area contributed by atoms with E-state index in [0.717, 1.165) is 12.1 Å². The van der Waals surface area contributed by atoms with Crippen LogP contribution in [0.1, 0.15) is 17.9 Å². The summed E-state index contributed by atoms with van der Waals surface area (Å²) in [5.74, 6) is -3.51. The summed E-state index contributed by atoms with van der Waals surface area (Å²) in [7, 11) is 0. The molecule has 1 aromatic carbocycles. The number of hydrogen-bond acceptors (Lipinski definition) is 3. The smallest absolute Gasteiger partial charge is 0.328 e. The van der Waals surface area contributed by atoms with Gasteiger partial charge in [0.1, 0.15) is 11.6 Å². The summed E-state index contributed by atoms with van der Waals surface area (Å²) in [4.78, 5) is 24.9. The second-order valence-electron chi connectivity index (χ2n) is 5.58. The van der Waals surface area contributed by atoms with E-state index in [1.165, 1.54) is 11.0 Å². The van der Waals surface area contributed by atoms with Gasteiger partial charge in [-0.05, 0) is 24.0 Å². The Morgan fingerprint density at radius 3 is 2.77 bits per heavy atom. The fourth-order valence-electron chi connectivity index (χ4n) is 2.90. The normalized spacial score (nSPS) is 27.5. The first-order valence-electron chi connectivity index (χ1n) is 7.05. The number of nitrogens with zero attached hydrogens (tertiary/aromatic N) is 1. The monoisotopic (exact) mass is 311 g/mol. The number of aliphatic carboxylic acids is 1. The molecule has 0 spiro atoms. The minimum Gasteiger partial charge on any atom is -0.480 e. The van der Waals surface area contributed by atoms with Gasteiger partial charge in [0, 0.05) is 18.5 Å². The van der Waals surface area contributed by atoms with Gasteiger partial charge in [-0.1, -0.05) is 6.07 Å². The van der Waals surface area contributed by atoms with Gasteiger partial charge in [0.25, 0.3) is 0 Å². The number of morpholine rings is 1. The Morgan fingerprint density at radius 1 is 1.32 bits per heavy atom. The lowest BCUT2D eigenvalue weighted by Gasteiger charge is -2.33. The molecule has 1 saturated heterocycles. The lowest BCUT2D eigenvalue weighted by Crippen LogP contribution is -2.53. The third kappa shape index (κ3) is 2.68. The number of carbonyl (C=O) groups excluding carboxylic acids is 1. The fraction of sp³-hybridized carbons (Fsp3) is 0.467. The Morgan fingerprint density at radius 2 is 2.09 bits per heavy atom. The number of carboxylic acid groups (broad SMARTS) is 1. The number of amides is 1. The predicted molar refractivity (Wildman–Crippen MR) is 71.2 cm³/mol. The molecular weight excluding hydrogens is 296 g/mol. The van der Waals surface area contributed by atoms with Gasteiger partial charge in [0.15, 0.2) is 6.04 Å². The van der Waals surface area contributed by atoms with Gasteiger partial charge in [0.05, 0.1) is 13.2 Å². The van der Waals surface area contributed by atoms with Crippen molar-refractivity contribution in [2.75, 3.05) is 19.8 Å². The first kappa shape index (κ1) is 14.9. The highest BCUT2D eigenvalue weighted by molar-refractivity contribution is 5.88. The van der Waals surface area contributed by atoms with Crippen LogP contribution in [0.5, 0.6) is 0 Å². The minimum atomic E-state index is -1.11. The van der Waals surface area contributed by atoms with E-state index in [2.05, 4.69) is 0 Å². The highest BCUT2D eigenvalue weighted by atomic mass is 19.1. The van der Waals surface area contributed by atoms with E-state index in [4.69, 9.17) is 9.84 Å². The van der Waals surface area contributed by atoms with Gasteiger partial charge in [-0.3, -0.25) is 4.79 Å². The third-order valence-corrected chi connectivity index (χ3v) is 4.17. The first-order valence-corrected chi connectivity index (χ1v) is 7.05. The van der Waals surface area contributed by atoms with Crippen LogP contribution >= 0.6 is 0 Å². The maximum Gasteiger partial charge on any atom is 0.328 e. The Labute approximate surface area is 125 Å². The molecule has 0 aromatic heterocycles. The minimum absolute atomic E-state index is 0.0383. The van der Waals surface area contributed by atoms with Crippen LogP contribution < -0.4 is 0 Å². The summed E-state index contributed by atoms with van der Waals surface area (Å²) >= 11 is 0. The SMILES string of the molecule is O=C(O)[C@@H]1COCCN1C(=O)[C@@H]1C[C@@H]1c1ccc(F)cc1F. The Hall–Kier alpha value is -2.02. The number of halogens is 2. The molecule has 1 aliphatic heterocycles. The lowest BCUT2D eigenvalue weighted by atomic mass is 10.1. The summed E-state index contributed by atoms with van der Waals surface area (Å²) in [6.07, 6.45) is 0.449. The van der Waals surface area contributed by atoms with Crippen molar-refractivity contribution in [1.29, 1.82) is 0 Å². The van der Waals surface area contributed by atoms with Crippen LogP contribution in [0.3, 0.4) is 0 Å². The van der Waals surface area contributed by atoms with Crippen LogP contribution in [0, 0.1) is 17.6 Å². The maximum atomic E-state index is 13.7. The van der Waals surface area contributed by atoms with Crippen LogP contribution in [0.15, 0.2) is 18.2 Å². The van der Waals surface area contributed by atoms with Crippen molar-refractivity contribution < 1.29 is 28.2 Å². The van der Waals surface area contributed by atoms with Crippen molar-refractivity contribution in [3.8, 4) is 0 Å². The van der Waals surface area contributed by atoms with E-state index in [0.29, 0.717) is 12.0 Å². The number of hydrogen-bond donors (Lipinski definition) is 1. The molecule has 1 heterocycles. The van der Waals surface area contributed by atoms with Crippen LogP contribution in [-0.2, 0) is 14.3 Å². The Kier molecular flexibility index (Phi) is 3.82. The Bertz CT molecular complexity index is 622. The molecule has 5 nitrogen and oxygen atoms in total. The summed E-state index contributed by atoms with van der Waals surface area (Å²) < 4.78 is 31.8. The van der Waals surface area contributed by atoms with E-state index >= 15 is 0 Å². The van der Waals surface area contributed by atoms with Crippen molar-refractivity contribution in [2.24, 2.45) is 5.92 Å². The Balaban J connectivity index is 1.73. The quantitative estimate of drug-likeness (QED) is 0.916. The number of carboxylic acids is 1. The average molecular weight is 311 g/mol. The zero-order valence-electron chi connectivity index (χ0n) is 11.7. The topological polar surface area (TPSA) is 66.8 Å². The first-order chi connectivity index (χ1) is 10.5. The molecular formula is C15H15F2NO4. The van der Waals surface area contributed by atoms with Crippen molar-refractivity contribution in [3.05, 3.63) is 35.4 Å². The van der Waals surface area contributed by atoms with E-state index < -0.39 is 29.6 Å². The van der Waals surface area contributed by atoms with Crippen LogP contribution in [0.2, 0.25) is 0 Å². The fourth-order valence-corrected chi connectivity index (χ4v) is 2.90. The van der Waals surface area contributed by atoms with Crippen molar-refractivity contribution >= 4 is 11.9 Å². The standard InChI is InChI=1S/C15H15F2NO4/c16-8-1-2-9(12(17)5-8)10-6-11(10)14(19)18-3-4-22-7-13(18)15(20)21/h1-2,5,10-11,13H,3-4,6-7H2,(H,20,21)/t10-,11-,13+/m1/s1. The van der Waals surface area contributed by atoms with Crippen LogP contribution in [0.25, 0.3) is 0 Å². The average Bonchev–Trinajstić information content (AvgIpc) is 3.26. The zero-order chi connectivity index (χ0) is 15.9. The second-order valence-corrected chi connectivity index (χ2v) is 5.58. The molecule has 2 fully saturated rings. The van der Waals surface area contributed by atoms with Gasteiger partial charge in [0.2, 0.25) is 5.91 Å². The molecule has 0 radical (unpaired) electrons. The molecule has 1 aliphatic carbocycles. The van der Waals surface area contributed by atoms with E-state index in [1.54, 1.807) is 0 Å². The maximum absolute atomic E-state index is 13.7. The zero-order valence-corrected chi connectivity index (χ0v) is 11.7. The molecule has 3 atom stereocenters. The van der Waals surface area contributed by atoms with Gasteiger partial charge >= 0.3 is 5.97 Å². The highest BCUT2D eigenvalue weighted by Gasteiger charge is 2.49. The third-order valence-electron chi connectivity index (χ3n) is 4.17. The van der Waals surface area contributed by atoms with Crippen molar-refractivity contribution in [2.45, 2.75) is 18.4 Å². The molecule has 2 aliphatic rings. The van der Waals surface area contributed by atoms with Gasteiger partial charge in [-0.2, -0.15) is 0 Å². The lowest BCUT2D eigenvalue weighted by molar-refractivity contribution is -0.158. The van der Waals surface area contributed by atoms with Crippen LogP contribution in [-0.4, -0.2) is 47.7 Å². The molecule has 7 heteroatoms. The highest BCUT2D eigenvalue weighted by Crippen LogP contribution is 2.49. The van der Waals surface area contributed by atoms with Crippen molar-refractivity contribution in [1.82, 2.24) is 4.90 Å². The number of benzene rings is 1. The number of carbonyl (C=O) groups is 2. The van der Waals surface area contributed by atoms with E-state index in [1.807, 2.05) is 0 Å².